The van der Waals surface area contributed by atoms with Crippen molar-refractivity contribution in [2.24, 2.45) is 0 Å². The van der Waals surface area contributed by atoms with Crippen LogP contribution in [0.1, 0.15) is 18.0 Å². The second-order valence-corrected chi connectivity index (χ2v) is 5.02. The number of nitrogens with two attached hydrogens (primary N) is 1. The molecule has 88 valence electrons. The maximum Gasteiger partial charge on any atom is 0.220 e. The Hall–Kier alpha value is -1.20. The van der Waals surface area contributed by atoms with Crippen LogP contribution in [0.3, 0.4) is 0 Å². The second-order valence-electron chi connectivity index (χ2n) is 4.16. The molecule has 2 heterocycles. The maximum atomic E-state index is 5.78. The zero-order valence-corrected chi connectivity index (χ0v) is 10.8. The zero-order chi connectivity index (χ0) is 11.8. The Bertz CT molecular complexity index is 567. The summed E-state index contributed by atoms with van der Waals surface area (Å²) in [6.07, 6.45) is 0.998. The van der Waals surface area contributed by atoms with E-state index in [2.05, 4.69) is 25.9 Å². The SMILES string of the molecule is Nc1nc(C2CCOC2)c2cccc(Br)c2n1. The first kappa shape index (κ1) is 10.9. The van der Waals surface area contributed by atoms with Gasteiger partial charge in [-0.15, -0.1) is 0 Å². The van der Waals surface area contributed by atoms with E-state index in [0.717, 1.165) is 40.7 Å². The van der Waals surface area contributed by atoms with Crippen LogP contribution in [0.15, 0.2) is 22.7 Å². The lowest BCUT2D eigenvalue weighted by Gasteiger charge is -2.11. The van der Waals surface area contributed by atoms with E-state index < -0.39 is 0 Å². The van der Waals surface area contributed by atoms with E-state index in [1.54, 1.807) is 0 Å². The number of hydrogen-bond donors (Lipinski definition) is 1. The predicted octanol–water partition coefficient (Wildman–Crippen LogP) is 2.48. The summed E-state index contributed by atoms with van der Waals surface area (Å²) >= 11 is 3.50. The van der Waals surface area contributed by atoms with Gasteiger partial charge in [0.2, 0.25) is 5.95 Å². The molecule has 0 aliphatic carbocycles. The fourth-order valence-corrected chi connectivity index (χ4v) is 2.68. The molecule has 2 N–H and O–H groups in total. The first-order valence-corrected chi connectivity index (χ1v) is 6.34. The monoisotopic (exact) mass is 293 g/mol. The van der Waals surface area contributed by atoms with Gasteiger partial charge in [-0.1, -0.05) is 12.1 Å². The molecule has 1 aliphatic rings. The lowest BCUT2D eigenvalue weighted by molar-refractivity contribution is 0.193. The van der Waals surface area contributed by atoms with E-state index in [1.165, 1.54) is 0 Å². The smallest absolute Gasteiger partial charge is 0.220 e. The molecule has 1 aliphatic heterocycles. The fourth-order valence-electron chi connectivity index (χ4n) is 2.22. The first-order valence-electron chi connectivity index (χ1n) is 5.55. The molecule has 3 rings (SSSR count). The summed E-state index contributed by atoms with van der Waals surface area (Å²) in [5, 5.41) is 1.06. The fraction of sp³-hybridized carbons (Fsp3) is 0.333. The lowest BCUT2D eigenvalue weighted by atomic mass is 10.0. The van der Waals surface area contributed by atoms with E-state index in [4.69, 9.17) is 10.5 Å². The minimum atomic E-state index is 0.325. The molecule has 2 aromatic rings. The Morgan fingerprint density at radius 1 is 1.35 bits per heavy atom. The molecule has 4 nitrogen and oxygen atoms in total. The second kappa shape index (κ2) is 4.23. The number of anilines is 1. The van der Waals surface area contributed by atoms with Gasteiger partial charge in [0.25, 0.3) is 0 Å². The molecule has 1 fully saturated rings. The molecule has 1 saturated heterocycles. The van der Waals surface area contributed by atoms with Crippen molar-refractivity contribution in [1.82, 2.24) is 9.97 Å². The van der Waals surface area contributed by atoms with Crippen molar-refractivity contribution in [3.63, 3.8) is 0 Å². The van der Waals surface area contributed by atoms with Crippen LogP contribution in [-0.4, -0.2) is 23.2 Å². The molecule has 1 aromatic carbocycles. The Morgan fingerprint density at radius 3 is 3.00 bits per heavy atom. The van der Waals surface area contributed by atoms with E-state index in [1.807, 2.05) is 18.2 Å². The maximum absolute atomic E-state index is 5.78. The van der Waals surface area contributed by atoms with Crippen LogP contribution in [0.5, 0.6) is 0 Å². The minimum absolute atomic E-state index is 0.325. The molecule has 0 amide bonds. The Labute approximate surface area is 107 Å². The van der Waals surface area contributed by atoms with Crippen molar-refractivity contribution < 1.29 is 4.74 Å². The van der Waals surface area contributed by atoms with Gasteiger partial charge in [0, 0.05) is 22.4 Å². The van der Waals surface area contributed by atoms with Gasteiger partial charge in [-0.2, -0.15) is 0 Å². The van der Waals surface area contributed by atoms with Crippen LogP contribution in [-0.2, 0) is 4.74 Å². The van der Waals surface area contributed by atoms with Crippen molar-refractivity contribution in [3.8, 4) is 0 Å². The number of halogens is 1. The van der Waals surface area contributed by atoms with E-state index in [0.29, 0.717) is 11.9 Å². The minimum Gasteiger partial charge on any atom is -0.381 e. The van der Waals surface area contributed by atoms with Gasteiger partial charge in [0.15, 0.2) is 0 Å². The van der Waals surface area contributed by atoms with Crippen LogP contribution in [0.2, 0.25) is 0 Å². The van der Waals surface area contributed by atoms with Crippen LogP contribution < -0.4 is 5.73 Å². The van der Waals surface area contributed by atoms with Gasteiger partial charge in [0.05, 0.1) is 17.8 Å². The normalized spacial score (nSPS) is 19.9. The third-order valence-corrected chi connectivity index (χ3v) is 3.68. The molecule has 5 heteroatoms. The summed E-state index contributed by atoms with van der Waals surface area (Å²) in [7, 11) is 0. The third-order valence-electron chi connectivity index (χ3n) is 3.04. The van der Waals surface area contributed by atoms with Crippen molar-refractivity contribution >= 4 is 32.8 Å². The molecule has 1 aromatic heterocycles. The van der Waals surface area contributed by atoms with Crippen LogP contribution >= 0.6 is 15.9 Å². The highest BCUT2D eigenvalue weighted by atomic mass is 79.9. The van der Waals surface area contributed by atoms with Gasteiger partial charge in [0.1, 0.15) is 0 Å². The first-order chi connectivity index (χ1) is 8.25. The summed E-state index contributed by atoms with van der Waals surface area (Å²) in [6, 6.07) is 5.99. The molecule has 0 saturated carbocycles. The Kier molecular flexibility index (Phi) is 2.72. The number of nitrogen functional groups attached to an aromatic ring is 1. The summed E-state index contributed by atoms with van der Waals surface area (Å²) in [6.45, 7) is 1.52. The predicted molar refractivity (Wildman–Crippen MR) is 69.8 cm³/mol. The number of benzene rings is 1. The largest absolute Gasteiger partial charge is 0.381 e. The van der Waals surface area contributed by atoms with Gasteiger partial charge in [-0.3, -0.25) is 0 Å². The average Bonchev–Trinajstić information content (AvgIpc) is 2.83. The Morgan fingerprint density at radius 2 is 2.24 bits per heavy atom. The number of ether oxygens (including phenoxy) is 1. The molecule has 0 bridgehead atoms. The molecular weight excluding hydrogens is 282 g/mol. The van der Waals surface area contributed by atoms with E-state index in [-0.39, 0.29) is 0 Å². The number of rotatable bonds is 1. The van der Waals surface area contributed by atoms with E-state index >= 15 is 0 Å². The van der Waals surface area contributed by atoms with Crippen LogP contribution in [0.25, 0.3) is 10.9 Å². The number of aromatic nitrogens is 2. The van der Waals surface area contributed by atoms with Crippen LogP contribution in [0.4, 0.5) is 5.95 Å². The zero-order valence-electron chi connectivity index (χ0n) is 9.19. The van der Waals surface area contributed by atoms with Gasteiger partial charge in [-0.25, -0.2) is 9.97 Å². The number of para-hydroxylation sites is 1. The topological polar surface area (TPSA) is 61.0 Å². The number of nitrogens with zero attached hydrogens (tertiary/aromatic N) is 2. The number of hydrogen-bond acceptors (Lipinski definition) is 4. The van der Waals surface area contributed by atoms with Gasteiger partial charge < -0.3 is 10.5 Å². The molecule has 17 heavy (non-hydrogen) atoms. The summed E-state index contributed by atoms with van der Waals surface area (Å²) in [5.41, 5.74) is 7.66. The quantitative estimate of drug-likeness (QED) is 0.877. The summed E-state index contributed by atoms with van der Waals surface area (Å²) in [5.74, 6) is 0.656. The standard InChI is InChI=1S/C12H12BrN3O/c13-9-3-1-2-8-10(7-4-5-17-6-7)15-12(14)16-11(8)9/h1-3,7H,4-6H2,(H2,14,15,16). The lowest BCUT2D eigenvalue weighted by Crippen LogP contribution is -2.06. The van der Waals surface area contributed by atoms with E-state index in [9.17, 15) is 0 Å². The molecule has 1 unspecified atom stereocenters. The molecule has 0 radical (unpaired) electrons. The Balaban J connectivity index is 2.25. The molecule has 0 spiro atoms. The van der Waals surface area contributed by atoms with Crippen molar-refractivity contribution in [2.75, 3.05) is 18.9 Å². The number of fused-ring (bicyclic) bond motifs is 1. The summed E-state index contributed by atoms with van der Waals surface area (Å²) < 4.78 is 6.37. The van der Waals surface area contributed by atoms with Gasteiger partial charge >= 0.3 is 0 Å². The van der Waals surface area contributed by atoms with Crippen molar-refractivity contribution in [1.29, 1.82) is 0 Å². The average molecular weight is 294 g/mol. The van der Waals surface area contributed by atoms with Gasteiger partial charge in [-0.05, 0) is 28.4 Å². The highest BCUT2D eigenvalue weighted by Gasteiger charge is 2.22. The highest BCUT2D eigenvalue weighted by Crippen LogP contribution is 2.32. The van der Waals surface area contributed by atoms with Crippen molar-refractivity contribution in [3.05, 3.63) is 28.4 Å². The van der Waals surface area contributed by atoms with Crippen molar-refractivity contribution in [2.45, 2.75) is 12.3 Å². The van der Waals surface area contributed by atoms with Crippen LogP contribution in [0, 0.1) is 0 Å². The molecular formula is C12H12BrN3O. The molecule has 1 atom stereocenters. The summed E-state index contributed by atoms with van der Waals surface area (Å²) in [4.78, 5) is 8.68. The highest BCUT2D eigenvalue weighted by molar-refractivity contribution is 9.10. The third kappa shape index (κ3) is 1.89.